The van der Waals surface area contributed by atoms with Crippen LogP contribution in [-0.2, 0) is 16.6 Å². The van der Waals surface area contributed by atoms with Gasteiger partial charge in [-0.1, -0.05) is 30.3 Å². The minimum atomic E-state index is -3.64. The summed E-state index contributed by atoms with van der Waals surface area (Å²) in [6.07, 6.45) is 0. The Morgan fingerprint density at radius 3 is 2.50 bits per heavy atom. The highest BCUT2D eigenvalue weighted by atomic mass is 32.2. The van der Waals surface area contributed by atoms with E-state index >= 15 is 0 Å². The first-order valence-electron chi connectivity index (χ1n) is 8.37. The lowest BCUT2D eigenvalue weighted by atomic mass is 10.1. The molecule has 1 amide bonds. The minimum absolute atomic E-state index is 0.0831. The van der Waals surface area contributed by atoms with E-state index in [0.717, 1.165) is 11.1 Å². The van der Waals surface area contributed by atoms with Crippen LogP contribution in [0.2, 0.25) is 0 Å². The van der Waals surface area contributed by atoms with E-state index in [4.69, 9.17) is 0 Å². The van der Waals surface area contributed by atoms with E-state index in [1.165, 1.54) is 12.1 Å². The van der Waals surface area contributed by atoms with Gasteiger partial charge in [0.1, 0.15) is 0 Å². The van der Waals surface area contributed by atoms with Crippen molar-refractivity contribution in [2.24, 2.45) is 0 Å². The number of hydrogen-bond donors (Lipinski definition) is 2. The van der Waals surface area contributed by atoms with Gasteiger partial charge in [-0.05, 0) is 50.3 Å². The standard InChI is InChI=1S/C19H25N3O3S/c1-15-7-4-5-8-17(15)14-20-19(23)16-9-6-10-18(13-16)26(24,25)21-11-12-22(2)3/h4-10,13,21H,11-12,14H2,1-3H3,(H,20,23). The van der Waals surface area contributed by atoms with Crippen molar-refractivity contribution in [2.45, 2.75) is 18.4 Å². The predicted octanol–water partition coefficient (Wildman–Crippen LogP) is 1.76. The van der Waals surface area contributed by atoms with Gasteiger partial charge in [-0.3, -0.25) is 4.79 Å². The van der Waals surface area contributed by atoms with Crippen molar-refractivity contribution < 1.29 is 13.2 Å². The van der Waals surface area contributed by atoms with Gasteiger partial charge < -0.3 is 10.2 Å². The summed E-state index contributed by atoms with van der Waals surface area (Å²) in [7, 11) is 0.0951. The molecule has 0 saturated carbocycles. The fraction of sp³-hybridized carbons (Fsp3) is 0.316. The fourth-order valence-electron chi connectivity index (χ4n) is 2.38. The SMILES string of the molecule is Cc1ccccc1CNC(=O)c1cccc(S(=O)(=O)NCCN(C)C)c1. The summed E-state index contributed by atoms with van der Waals surface area (Å²) < 4.78 is 27.2. The molecule has 0 radical (unpaired) electrons. The molecule has 0 aliphatic heterocycles. The molecule has 0 aromatic heterocycles. The van der Waals surface area contributed by atoms with Crippen molar-refractivity contribution in [1.82, 2.24) is 14.9 Å². The van der Waals surface area contributed by atoms with Crippen LogP contribution in [0.5, 0.6) is 0 Å². The molecule has 2 rings (SSSR count). The molecule has 7 heteroatoms. The average Bonchev–Trinajstić information content (AvgIpc) is 2.60. The van der Waals surface area contributed by atoms with E-state index in [1.807, 2.05) is 50.2 Å². The molecule has 0 aliphatic rings. The number of carbonyl (C=O) groups excluding carboxylic acids is 1. The second kappa shape index (κ2) is 8.93. The number of rotatable bonds is 8. The maximum absolute atomic E-state index is 12.4. The molecule has 2 N–H and O–H groups in total. The molecule has 0 atom stereocenters. The van der Waals surface area contributed by atoms with Crippen LogP contribution < -0.4 is 10.0 Å². The Hall–Kier alpha value is -2.22. The molecule has 0 heterocycles. The molecule has 26 heavy (non-hydrogen) atoms. The lowest BCUT2D eigenvalue weighted by molar-refractivity contribution is 0.0950. The van der Waals surface area contributed by atoms with Gasteiger partial charge in [0.15, 0.2) is 0 Å². The van der Waals surface area contributed by atoms with Gasteiger partial charge in [-0.15, -0.1) is 0 Å². The van der Waals surface area contributed by atoms with Gasteiger partial charge >= 0.3 is 0 Å². The van der Waals surface area contributed by atoms with Crippen LogP contribution in [0, 0.1) is 6.92 Å². The molecular formula is C19H25N3O3S. The second-order valence-electron chi connectivity index (χ2n) is 6.34. The maximum Gasteiger partial charge on any atom is 0.251 e. The zero-order valence-electron chi connectivity index (χ0n) is 15.3. The lowest BCUT2D eigenvalue weighted by Gasteiger charge is -2.12. The topological polar surface area (TPSA) is 78.5 Å². The van der Waals surface area contributed by atoms with Gasteiger partial charge in [0.25, 0.3) is 5.91 Å². The molecule has 0 fully saturated rings. The number of carbonyl (C=O) groups is 1. The summed E-state index contributed by atoms with van der Waals surface area (Å²) in [6.45, 7) is 3.27. The molecule has 0 saturated heterocycles. The van der Waals surface area contributed by atoms with Crippen molar-refractivity contribution in [3.05, 3.63) is 65.2 Å². The summed E-state index contributed by atoms with van der Waals surface area (Å²) >= 11 is 0. The summed E-state index contributed by atoms with van der Waals surface area (Å²) in [5, 5.41) is 2.83. The highest BCUT2D eigenvalue weighted by Gasteiger charge is 2.16. The number of aryl methyl sites for hydroxylation is 1. The van der Waals surface area contributed by atoms with E-state index in [-0.39, 0.29) is 10.8 Å². The molecular weight excluding hydrogens is 350 g/mol. The molecule has 0 spiro atoms. The number of nitrogens with one attached hydrogen (secondary N) is 2. The molecule has 140 valence electrons. The normalized spacial score (nSPS) is 11.5. The lowest BCUT2D eigenvalue weighted by Crippen LogP contribution is -2.31. The molecule has 2 aromatic carbocycles. The van der Waals surface area contributed by atoms with Crippen LogP contribution in [0.25, 0.3) is 0 Å². The largest absolute Gasteiger partial charge is 0.348 e. The first-order chi connectivity index (χ1) is 12.3. The number of amides is 1. The molecule has 2 aromatic rings. The first-order valence-corrected chi connectivity index (χ1v) is 9.85. The van der Waals surface area contributed by atoms with Crippen LogP contribution in [0.4, 0.5) is 0 Å². The van der Waals surface area contributed by atoms with Gasteiger partial charge in [0, 0.05) is 25.2 Å². The summed E-state index contributed by atoms with van der Waals surface area (Å²) in [5.41, 5.74) is 2.43. The smallest absolute Gasteiger partial charge is 0.251 e. The Bertz CT molecular complexity index is 864. The Balaban J connectivity index is 2.05. The third kappa shape index (κ3) is 5.66. The summed E-state index contributed by atoms with van der Waals surface area (Å²) in [4.78, 5) is 14.3. The quantitative estimate of drug-likeness (QED) is 0.737. The van der Waals surface area contributed by atoms with Gasteiger partial charge in [0.2, 0.25) is 10.0 Å². The van der Waals surface area contributed by atoms with Crippen molar-refractivity contribution >= 4 is 15.9 Å². The van der Waals surface area contributed by atoms with E-state index in [2.05, 4.69) is 10.0 Å². The minimum Gasteiger partial charge on any atom is -0.348 e. The second-order valence-corrected chi connectivity index (χ2v) is 8.10. The number of nitrogens with zero attached hydrogens (tertiary/aromatic N) is 1. The van der Waals surface area contributed by atoms with Crippen LogP contribution in [0.15, 0.2) is 53.4 Å². The van der Waals surface area contributed by atoms with Crippen LogP contribution in [0.3, 0.4) is 0 Å². The van der Waals surface area contributed by atoms with Crippen molar-refractivity contribution in [2.75, 3.05) is 27.2 Å². The van der Waals surface area contributed by atoms with E-state index in [9.17, 15) is 13.2 Å². The monoisotopic (exact) mass is 375 g/mol. The number of hydrogen-bond acceptors (Lipinski definition) is 4. The molecule has 0 unspecified atom stereocenters. The Kier molecular flexibility index (Phi) is 6.90. The van der Waals surface area contributed by atoms with Crippen molar-refractivity contribution in [3.8, 4) is 0 Å². The Morgan fingerprint density at radius 2 is 1.81 bits per heavy atom. The first kappa shape index (κ1) is 20.1. The molecule has 0 aliphatic carbocycles. The highest BCUT2D eigenvalue weighted by Crippen LogP contribution is 2.12. The molecule has 6 nitrogen and oxygen atoms in total. The van der Waals surface area contributed by atoms with Crippen LogP contribution in [0.1, 0.15) is 21.5 Å². The van der Waals surface area contributed by atoms with Crippen LogP contribution >= 0.6 is 0 Å². The van der Waals surface area contributed by atoms with E-state index in [0.29, 0.717) is 25.2 Å². The van der Waals surface area contributed by atoms with Gasteiger partial charge in [0.05, 0.1) is 4.90 Å². The number of likely N-dealkylation sites (N-methyl/N-ethyl adjacent to an activating group) is 1. The van der Waals surface area contributed by atoms with Gasteiger partial charge in [-0.25, -0.2) is 13.1 Å². The van der Waals surface area contributed by atoms with E-state index in [1.54, 1.807) is 12.1 Å². The summed E-state index contributed by atoms with van der Waals surface area (Å²) in [5.74, 6) is -0.307. The zero-order chi connectivity index (χ0) is 19.2. The van der Waals surface area contributed by atoms with E-state index < -0.39 is 10.0 Å². The Morgan fingerprint density at radius 1 is 1.08 bits per heavy atom. The third-order valence-corrected chi connectivity index (χ3v) is 5.42. The zero-order valence-corrected chi connectivity index (χ0v) is 16.1. The van der Waals surface area contributed by atoms with Crippen molar-refractivity contribution in [1.29, 1.82) is 0 Å². The van der Waals surface area contributed by atoms with Crippen molar-refractivity contribution in [3.63, 3.8) is 0 Å². The fourth-order valence-corrected chi connectivity index (χ4v) is 3.44. The third-order valence-electron chi connectivity index (χ3n) is 3.96. The number of benzene rings is 2. The highest BCUT2D eigenvalue weighted by molar-refractivity contribution is 7.89. The van der Waals surface area contributed by atoms with Crippen LogP contribution in [-0.4, -0.2) is 46.4 Å². The average molecular weight is 375 g/mol. The molecule has 0 bridgehead atoms. The number of sulfonamides is 1. The predicted molar refractivity (Wildman–Crippen MR) is 103 cm³/mol. The maximum atomic E-state index is 12.4. The summed E-state index contributed by atoms with van der Waals surface area (Å²) in [6, 6.07) is 13.8. The van der Waals surface area contributed by atoms with Gasteiger partial charge in [-0.2, -0.15) is 0 Å². The Labute approximate surface area is 155 Å².